The van der Waals surface area contributed by atoms with Gasteiger partial charge in [0, 0.05) is 9.35 Å². The van der Waals surface area contributed by atoms with Crippen molar-refractivity contribution in [1.82, 2.24) is 0 Å². The molecule has 2 rings (SSSR count). The second kappa shape index (κ2) is 7.10. The lowest BCUT2D eigenvalue weighted by Crippen LogP contribution is -2.22. The van der Waals surface area contributed by atoms with Gasteiger partial charge in [-0.15, -0.1) is 11.3 Å². The number of carbonyl (C=O) groups is 2. The van der Waals surface area contributed by atoms with E-state index >= 15 is 0 Å². The van der Waals surface area contributed by atoms with E-state index in [0.717, 1.165) is 10.4 Å². The van der Waals surface area contributed by atoms with Crippen LogP contribution < -0.4 is 15.8 Å². The second-order valence-corrected chi connectivity index (χ2v) is 6.90. The maximum Gasteiger partial charge on any atom is 0.262 e. The molecule has 0 atom stereocenters. The lowest BCUT2D eigenvalue weighted by Gasteiger charge is -2.08. The molecule has 0 aliphatic rings. The first kappa shape index (κ1) is 17.4. The summed E-state index contributed by atoms with van der Waals surface area (Å²) in [5.41, 5.74) is 6.36. The zero-order valence-electron chi connectivity index (χ0n) is 12.4. The lowest BCUT2D eigenvalue weighted by atomic mass is 10.1. The highest BCUT2D eigenvalue weighted by molar-refractivity contribution is 9.10. The molecule has 1 aromatic heterocycles. The number of ether oxygens (including phenoxy) is 1. The Hall–Kier alpha value is -1.93. The largest absolute Gasteiger partial charge is 0.481 e. The van der Waals surface area contributed by atoms with E-state index in [0.29, 0.717) is 9.47 Å². The van der Waals surface area contributed by atoms with Gasteiger partial charge >= 0.3 is 0 Å². The number of hydrogen-bond acceptors (Lipinski definition) is 4. The quantitative estimate of drug-likeness (QED) is 0.806. The average Bonchev–Trinajstić information content (AvgIpc) is 2.72. The number of aryl methyl sites for hydroxylation is 1. The lowest BCUT2D eigenvalue weighted by molar-refractivity contribution is -0.118. The number of thiophene rings is 1. The normalized spacial score (nSPS) is 10.4. The van der Waals surface area contributed by atoms with Crippen LogP contribution in [0.4, 0.5) is 9.39 Å². The molecular weight excluding hydrogens is 387 g/mol. The van der Waals surface area contributed by atoms with E-state index in [9.17, 15) is 14.0 Å². The molecule has 5 nitrogen and oxygen atoms in total. The van der Waals surface area contributed by atoms with Crippen molar-refractivity contribution in [2.45, 2.75) is 13.8 Å². The fraction of sp³-hybridized carbons (Fsp3) is 0.200. The van der Waals surface area contributed by atoms with Crippen molar-refractivity contribution < 1.29 is 18.7 Å². The van der Waals surface area contributed by atoms with Gasteiger partial charge in [0.15, 0.2) is 18.2 Å². The van der Waals surface area contributed by atoms with Gasteiger partial charge in [-0.2, -0.15) is 0 Å². The fourth-order valence-electron chi connectivity index (χ4n) is 1.91. The van der Waals surface area contributed by atoms with E-state index in [1.165, 1.54) is 23.5 Å². The zero-order valence-corrected chi connectivity index (χ0v) is 14.8. The standard InChI is InChI=1S/C15H14BrFN2O3S/c1-7-8(2)23-15(13(7)14(18)21)19-12(20)6-22-11-4-3-9(16)5-10(11)17/h3-5H,6H2,1-2H3,(H2,18,21)(H,19,20). The van der Waals surface area contributed by atoms with Crippen LogP contribution in [0.2, 0.25) is 0 Å². The molecule has 0 saturated heterocycles. The Morgan fingerprint density at radius 3 is 2.70 bits per heavy atom. The van der Waals surface area contributed by atoms with E-state index in [2.05, 4.69) is 21.2 Å². The third-order valence-electron chi connectivity index (χ3n) is 3.14. The van der Waals surface area contributed by atoms with Crippen LogP contribution >= 0.6 is 27.3 Å². The maximum absolute atomic E-state index is 13.6. The molecular formula is C15H14BrFN2O3S. The minimum absolute atomic E-state index is 0.0305. The number of primary amides is 1. The van der Waals surface area contributed by atoms with Crippen LogP contribution in [0, 0.1) is 19.7 Å². The Morgan fingerprint density at radius 1 is 1.39 bits per heavy atom. The van der Waals surface area contributed by atoms with Gasteiger partial charge in [0.25, 0.3) is 11.8 Å². The summed E-state index contributed by atoms with van der Waals surface area (Å²) in [6, 6.07) is 4.26. The number of anilines is 1. The number of hydrogen-bond donors (Lipinski definition) is 2. The monoisotopic (exact) mass is 400 g/mol. The van der Waals surface area contributed by atoms with Crippen molar-refractivity contribution in [2.75, 3.05) is 11.9 Å². The van der Waals surface area contributed by atoms with Gasteiger partial charge in [0.05, 0.1) is 5.56 Å². The number of nitrogens with two attached hydrogens (primary N) is 1. The molecule has 8 heteroatoms. The second-order valence-electron chi connectivity index (χ2n) is 4.76. The van der Waals surface area contributed by atoms with Gasteiger partial charge in [-0.05, 0) is 37.6 Å². The van der Waals surface area contributed by atoms with Crippen LogP contribution in [0.3, 0.4) is 0 Å². The highest BCUT2D eigenvalue weighted by Gasteiger charge is 2.19. The van der Waals surface area contributed by atoms with Gasteiger partial charge in [0.2, 0.25) is 0 Å². The summed E-state index contributed by atoms with van der Waals surface area (Å²) in [6.45, 7) is 3.21. The molecule has 2 aromatic rings. The van der Waals surface area contributed by atoms with Gasteiger partial charge < -0.3 is 15.8 Å². The van der Waals surface area contributed by atoms with Crippen LogP contribution in [-0.4, -0.2) is 18.4 Å². The van der Waals surface area contributed by atoms with Crippen molar-refractivity contribution >= 4 is 44.1 Å². The summed E-state index contributed by atoms with van der Waals surface area (Å²) in [6.07, 6.45) is 0. The molecule has 23 heavy (non-hydrogen) atoms. The molecule has 0 fully saturated rings. The highest BCUT2D eigenvalue weighted by Crippen LogP contribution is 2.32. The first-order chi connectivity index (χ1) is 10.8. The molecule has 0 unspecified atom stereocenters. The summed E-state index contributed by atoms with van der Waals surface area (Å²) in [4.78, 5) is 24.3. The first-order valence-electron chi connectivity index (χ1n) is 6.57. The summed E-state index contributed by atoms with van der Waals surface area (Å²) in [7, 11) is 0. The predicted molar refractivity (Wildman–Crippen MR) is 90.5 cm³/mol. The average molecular weight is 401 g/mol. The molecule has 0 aliphatic carbocycles. The maximum atomic E-state index is 13.6. The predicted octanol–water partition coefficient (Wildman–Crippen LogP) is 3.38. The minimum atomic E-state index is -0.609. The van der Waals surface area contributed by atoms with Crippen LogP contribution in [-0.2, 0) is 4.79 Å². The Kier molecular flexibility index (Phi) is 5.38. The molecule has 0 aliphatic heterocycles. The summed E-state index contributed by atoms with van der Waals surface area (Å²) < 4.78 is 19.3. The van der Waals surface area contributed by atoms with E-state index in [4.69, 9.17) is 10.5 Å². The Bertz CT molecular complexity index is 776. The van der Waals surface area contributed by atoms with Crippen molar-refractivity contribution in [1.29, 1.82) is 0 Å². The van der Waals surface area contributed by atoms with E-state index in [1.807, 2.05) is 6.92 Å². The van der Waals surface area contributed by atoms with E-state index in [-0.39, 0.29) is 17.9 Å². The number of nitrogens with one attached hydrogen (secondary N) is 1. The molecule has 1 aromatic carbocycles. The molecule has 122 valence electrons. The first-order valence-corrected chi connectivity index (χ1v) is 8.18. The summed E-state index contributed by atoms with van der Waals surface area (Å²) >= 11 is 4.39. The third-order valence-corrected chi connectivity index (χ3v) is 4.75. The Balaban J connectivity index is 2.06. The number of benzene rings is 1. The number of halogens is 2. The van der Waals surface area contributed by atoms with Crippen molar-refractivity contribution in [3.05, 3.63) is 44.5 Å². The molecule has 2 amide bonds. The Labute approximate surface area is 144 Å². The van der Waals surface area contributed by atoms with Crippen LogP contribution in [0.5, 0.6) is 5.75 Å². The zero-order chi connectivity index (χ0) is 17.1. The van der Waals surface area contributed by atoms with Crippen molar-refractivity contribution in [3.8, 4) is 5.75 Å². The third kappa shape index (κ3) is 4.08. The van der Waals surface area contributed by atoms with Crippen LogP contribution in [0.15, 0.2) is 22.7 Å². The number of rotatable bonds is 5. The van der Waals surface area contributed by atoms with Gasteiger partial charge in [-0.25, -0.2) is 4.39 Å². The molecule has 0 radical (unpaired) electrons. The smallest absolute Gasteiger partial charge is 0.262 e. The van der Waals surface area contributed by atoms with Crippen LogP contribution in [0.1, 0.15) is 20.8 Å². The molecule has 0 bridgehead atoms. The molecule has 0 saturated carbocycles. The van der Waals surface area contributed by atoms with Crippen LogP contribution in [0.25, 0.3) is 0 Å². The van der Waals surface area contributed by atoms with Gasteiger partial charge in [-0.1, -0.05) is 15.9 Å². The summed E-state index contributed by atoms with van der Waals surface area (Å²) in [5.74, 6) is -1.72. The number of amides is 2. The SMILES string of the molecule is Cc1sc(NC(=O)COc2ccc(Br)cc2F)c(C(N)=O)c1C. The van der Waals surface area contributed by atoms with E-state index < -0.39 is 17.6 Å². The Morgan fingerprint density at radius 2 is 2.09 bits per heavy atom. The minimum Gasteiger partial charge on any atom is -0.481 e. The van der Waals surface area contributed by atoms with Gasteiger partial charge in [0.1, 0.15) is 5.00 Å². The molecule has 0 spiro atoms. The summed E-state index contributed by atoms with van der Waals surface area (Å²) in [5, 5.41) is 2.95. The van der Waals surface area contributed by atoms with Crippen molar-refractivity contribution in [2.24, 2.45) is 5.73 Å². The molecule has 3 N–H and O–H groups in total. The fourth-order valence-corrected chi connectivity index (χ4v) is 3.33. The van der Waals surface area contributed by atoms with Gasteiger partial charge in [-0.3, -0.25) is 9.59 Å². The number of carbonyl (C=O) groups excluding carboxylic acids is 2. The van der Waals surface area contributed by atoms with Crippen molar-refractivity contribution in [3.63, 3.8) is 0 Å². The highest BCUT2D eigenvalue weighted by atomic mass is 79.9. The molecule has 1 heterocycles. The van der Waals surface area contributed by atoms with E-state index in [1.54, 1.807) is 13.0 Å². The topological polar surface area (TPSA) is 81.4 Å².